The van der Waals surface area contributed by atoms with Crippen molar-refractivity contribution in [2.45, 2.75) is 19.0 Å². The first-order valence-electron chi connectivity index (χ1n) is 11.8. The summed E-state index contributed by atoms with van der Waals surface area (Å²) >= 11 is 0. The Hall–Kier alpha value is -4.46. The number of anilines is 1. The Bertz CT molecular complexity index is 1410. The molecule has 0 saturated carbocycles. The normalized spacial score (nSPS) is 23.9. The summed E-state index contributed by atoms with van der Waals surface area (Å²) in [5, 5.41) is 0. The summed E-state index contributed by atoms with van der Waals surface area (Å²) in [4.78, 5) is 56.3. The Morgan fingerprint density at radius 2 is 1.69 bits per heavy atom. The number of furan rings is 1. The van der Waals surface area contributed by atoms with Crippen LogP contribution < -0.4 is 4.90 Å². The number of nitrogens with zero attached hydrogens (tertiary/aromatic N) is 2. The molecule has 1 aromatic heterocycles. The number of carbonyl (C=O) groups excluding carboxylic acids is 4. The summed E-state index contributed by atoms with van der Waals surface area (Å²) < 4.78 is 10.4. The summed E-state index contributed by atoms with van der Waals surface area (Å²) in [5.41, 5.74) is 2.51. The second kappa shape index (κ2) is 8.34. The zero-order valence-corrected chi connectivity index (χ0v) is 19.4. The molecule has 8 heteroatoms. The molecule has 2 amide bonds. The van der Waals surface area contributed by atoms with Gasteiger partial charge in [0.1, 0.15) is 6.04 Å². The summed E-state index contributed by atoms with van der Waals surface area (Å²) in [7, 11) is 0. The number of imide groups is 1. The Balaban J connectivity index is 1.42. The molecule has 0 radical (unpaired) electrons. The fourth-order valence-electron chi connectivity index (χ4n) is 5.64. The van der Waals surface area contributed by atoms with Crippen LogP contribution in [0.25, 0.3) is 6.08 Å². The van der Waals surface area contributed by atoms with E-state index in [4.69, 9.17) is 9.15 Å². The van der Waals surface area contributed by atoms with Gasteiger partial charge in [-0.1, -0.05) is 24.3 Å². The van der Waals surface area contributed by atoms with E-state index in [1.54, 1.807) is 37.4 Å². The van der Waals surface area contributed by atoms with Gasteiger partial charge in [-0.15, -0.1) is 0 Å². The van der Waals surface area contributed by atoms with Crippen LogP contribution in [0.5, 0.6) is 0 Å². The highest BCUT2D eigenvalue weighted by Crippen LogP contribution is 2.53. The summed E-state index contributed by atoms with van der Waals surface area (Å²) in [6, 6.07) is 15.7. The van der Waals surface area contributed by atoms with Crippen LogP contribution in [0.2, 0.25) is 0 Å². The number of ketones is 1. The predicted molar refractivity (Wildman–Crippen MR) is 129 cm³/mol. The molecule has 180 valence electrons. The predicted octanol–water partition coefficient (Wildman–Crippen LogP) is 3.85. The van der Waals surface area contributed by atoms with E-state index in [1.165, 1.54) is 18.4 Å². The van der Waals surface area contributed by atoms with Crippen molar-refractivity contribution in [2.75, 3.05) is 11.5 Å². The van der Waals surface area contributed by atoms with Gasteiger partial charge in [0.05, 0.1) is 42.0 Å². The summed E-state index contributed by atoms with van der Waals surface area (Å²) in [6.45, 7) is 1.96. The number of hydrogen-bond donors (Lipinski definition) is 0. The van der Waals surface area contributed by atoms with Crippen molar-refractivity contribution in [3.63, 3.8) is 0 Å². The molecule has 4 atom stereocenters. The molecule has 3 aliphatic rings. The second-order valence-corrected chi connectivity index (χ2v) is 8.95. The first-order chi connectivity index (χ1) is 17.5. The Kier molecular flexibility index (Phi) is 5.10. The summed E-state index contributed by atoms with van der Waals surface area (Å²) in [5.74, 6) is -3.14. The van der Waals surface area contributed by atoms with Crippen LogP contribution in [0.3, 0.4) is 0 Å². The zero-order chi connectivity index (χ0) is 25.0. The van der Waals surface area contributed by atoms with Crippen molar-refractivity contribution in [3.05, 3.63) is 95.6 Å². The lowest BCUT2D eigenvalue weighted by atomic mass is 9.84. The van der Waals surface area contributed by atoms with E-state index in [-0.39, 0.29) is 24.1 Å². The van der Waals surface area contributed by atoms with Gasteiger partial charge in [0.15, 0.2) is 5.76 Å². The quantitative estimate of drug-likeness (QED) is 0.310. The number of ether oxygens (including phenoxy) is 1. The van der Waals surface area contributed by atoms with Crippen LogP contribution >= 0.6 is 0 Å². The third kappa shape index (κ3) is 3.14. The van der Waals surface area contributed by atoms with E-state index in [0.717, 1.165) is 16.0 Å². The highest BCUT2D eigenvalue weighted by molar-refractivity contribution is 6.24. The topological polar surface area (TPSA) is 97.1 Å². The van der Waals surface area contributed by atoms with Crippen LogP contribution in [0, 0.1) is 11.8 Å². The number of hydrogen-bond acceptors (Lipinski definition) is 7. The minimum Gasteiger partial charge on any atom is -0.462 e. The number of carbonyl (C=O) groups is 4. The molecule has 6 rings (SSSR count). The average molecular weight is 482 g/mol. The molecule has 0 bridgehead atoms. The van der Waals surface area contributed by atoms with Gasteiger partial charge in [-0.3, -0.25) is 14.4 Å². The molecule has 0 N–H and O–H groups in total. The lowest BCUT2D eigenvalue weighted by molar-refractivity contribution is -0.123. The van der Waals surface area contributed by atoms with Crippen LogP contribution in [-0.2, 0) is 14.3 Å². The van der Waals surface area contributed by atoms with Crippen LogP contribution in [0.4, 0.5) is 5.69 Å². The molecule has 1 unspecified atom stereocenters. The minimum atomic E-state index is -0.893. The fourth-order valence-corrected chi connectivity index (χ4v) is 5.64. The van der Waals surface area contributed by atoms with Gasteiger partial charge in [-0.25, -0.2) is 9.69 Å². The lowest BCUT2D eigenvalue weighted by Crippen LogP contribution is -2.44. The molecule has 0 aliphatic carbocycles. The van der Waals surface area contributed by atoms with Crippen molar-refractivity contribution in [1.82, 2.24) is 4.90 Å². The van der Waals surface area contributed by atoms with Crippen molar-refractivity contribution in [3.8, 4) is 0 Å². The number of fused-ring (bicyclic) bond motifs is 5. The van der Waals surface area contributed by atoms with Crippen LogP contribution in [0.15, 0.2) is 77.5 Å². The largest absolute Gasteiger partial charge is 0.462 e. The smallest absolute Gasteiger partial charge is 0.338 e. The molecule has 36 heavy (non-hydrogen) atoms. The molecule has 0 spiro atoms. The maximum absolute atomic E-state index is 13.9. The molecule has 8 nitrogen and oxygen atoms in total. The molecule has 4 heterocycles. The van der Waals surface area contributed by atoms with E-state index in [0.29, 0.717) is 11.3 Å². The number of esters is 1. The van der Waals surface area contributed by atoms with E-state index >= 15 is 0 Å². The summed E-state index contributed by atoms with van der Waals surface area (Å²) in [6.07, 6.45) is 5.11. The number of amides is 2. The van der Waals surface area contributed by atoms with Gasteiger partial charge in [-0.05, 0) is 60.5 Å². The Morgan fingerprint density at radius 3 is 2.42 bits per heavy atom. The SMILES string of the molecule is CCOC(=O)c1ccc(N2C(=O)[C@@H]3[C@H]4c5ccccc5C=CN4C(C(=O)c4ccco4)[C@@H]3C2=O)cc1. The minimum absolute atomic E-state index is 0.143. The standard InChI is InChI=1S/C28H22N2O6/c1-2-35-28(34)17-9-11-18(12-10-17)30-26(32)21-22(27(30)33)24(25(31)20-8-5-15-36-20)29-14-13-16-6-3-4-7-19(16)23(21)29/h3-15,21-24H,2H2,1H3/t21-,22+,23+,24?/m0/s1. The zero-order valence-electron chi connectivity index (χ0n) is 19.4. The Morgan fingerprint density at radius 1 is 0.944 bits per heavy atom. The average Bonchev–Trinajstić information content (AvgIpc) is 3.60. The molecule has 2 fully saturated rings. The number of rotatable bonds is 5. The van der Waals surface area contributed by atoms with Gasteiger partial charge < -0.3 is 14.1 Å². The van der Waals surface area contributed by atoms with E-state index in [2.05, 4.69) is 0 Å². The maximum atomic E-state index is 13.9. The van der Waals surface area contributed by atoms with E-state index in [9.17, 15) is 19.2 Å². The van der Waals surface area contributed by atoms with Gasteiger partial charge in [-0.2, -0.15) is 0 Å². The highest BCUT2D eigenvalue weighted by Gasteiger charge is 2.64. The Labute approximate surface area is 206 Å². The van der Waals surface area contributed by atoms with Crippen molar-refractivity contribution in [2.24, 2.45) is 11.8 Å². The molecule has 2 aromatic carbocycles. The van der Waals surface area contributed by atoms with E-state index < -0.39 is 35.8 Å². The van der Waals surface area contributed by atoms with Crippen LogP contribution in [-0.4, -0.2) is 41.1 Å². The van der Waals surface area contributed by atoms with Gasteiger partial charge >= 0.3 is 5.97 Å². The van der Waals surface area contributed by atoms with Gasteiger partial charge in [0.2, 0.25) is 17.6 Å². The van der Waals surface area contributed by atoms with Crippen molar-refractivity contribution in [1.29, 1.82) is 0 Å². The van der Waals surface area contributed by atoms with Crippen LogP contribution in [0.1, 0.15) is 45.0 Å². The first-order valence-corrected chi connectivity index (χ1v) is 11.8. The lowest BCUT2D eigenvalue weighted by Gasteiger charge is -2.35. The molecule has 3 aliphatic heterocycles. The van der Waals surface area contributed by atoms with Crippen molar-refractivity contribution >= 4 is 35.3 Å². The van der Waals surface area contributed by atoms with Crippen molar-refractivity contribution < 1.29 is 28.3 Å². The third-order valence-electron chi connectivity index (χ3n) is 7.13. The maximum Gasteiger partial charge on any atom is 0.338 e. The number of benzene rings is 2. The first kappa shape index (κ1) is 22.0. The van der Waals surface area contributed by atoms with Gasteiger partial charge in [0, 0.05) is 6.20 Å². The molecular weight excluding hydrogens is 460 g/mol. The number of Topliss-reactive ketones (excluding diaryl/α,β-unsaturated/α-hetero) is 1. The monoisotopic (exact) mass is 482 g/mol. The molecular formula is C28H22N2O6. The second-order valence-electron chi connectivity index (χ2n) is 8.95. The van der Waals surface area contributed by atoms with Gasteiger partial charge in [0.25, 0.3) is 0 Å². The fraction of sp³-hybridized carbons (Fsp3) is 0.214. The molecule has 3 aromatic rings. The van der Waals surface area contributed by atoms with E-state index in [1.807, 2.05) is 35.2 Å². The molecule has 2 saturated heterocycles. The highest BCUT2D eigenvalue weighted by atomic mass is 16.5. The third-order valence-corrected chi connectivity index (χ3v) is 7.13.